The Hall–Kier alpha value is -1.13. The summed E-state index contributed by atoms with van der Waals surface area (Å²) in [7, 11) is 0. The molecule has 66 valence electrons. The van der Waals surface area contributed by atoms with Crippen LogP contribution in [0.3, 0.4) is 0 Å². The highest BCUT2D eigenvalue weighted by Gasteiger charge is 2.05. The van der Waals surface area contributed by atoms with E-state index in [1.165, 1.54) is 11.5 Å². The molecular formula is C8H6ClN3S. The molecule has 0 unspecified atom stereocenters. The van der Waals surface area contributed by atoms with Crippen LogP contribution in [0.2, 0.25) is 5.02 Å². The molecule has 5 heteroatoms. The van der Waals surface area contributed by atoms with Crippen LogP contribution in [0.4, 0.5) is 5.00 Å². The second-order valence-corrected chi connectivity index (χ2v) is 3.71. The van der Waals surface area contributed by atoms with Crippen LogP contribution in [-0.4, -0.2) is 9.59 Å². The van der Waals surface area contributed by atoms with E-state index in [-0.39, 0.29) is 0 Å². The predicted molar refractivity (Wildman–Crippen MR) is 54.8 cm³/mol. The fourth-order valence-corrected chi connectivity index (χ4v) is 1.59. The second kappa shape index (κ2) is 3.32. The minimum absolute atomic E-state index is 0.627. The summed E-state index contributed by atoms with van der Waals surface area (Å²) in [5.41, 5.74) is 7.34. The van der Waals surface area contributed by atoms with Crippen LogP contribution >= 0.6 is 23.1 Å². The van der Waals surface area contributed by atoms with Crippen molar-refractivity contribution in [3.63, 3.8) is 0 Å². The number of aromatic nitrogens is 2. The second-order valence-electron chi connectivity index (χ2n) is 2.49. The van der Waals surface area contributed by atoms with E-state index in [0.717, 1.165) is 11.3 Å². The summed E-state index contributed by atoms with van der Waals surface area (Å²) >= 11 is 6.94. The molecular weight excluding hydrogens is 206 g/mol. The van der Waals surface area contributed by atoms with E-state index in [2.05, 4.69) is 9.59 Å². The van der Waals surface area contributed by atoms with Crippen molar-refractivity contribution < 1.29 is 0 Å². The SMILES string of the molecule is Nc1snnc1-c1ccc(Cl)cc1. The summed E-state index contributed by atoms with van der Waals surface area (Å²) in [4.78, 5) is 0. The van der Waals surface area contributed by atoms with Gasteiger partial charge in [0.25, 0.3) is 0 Å². The Kier molecular flexibility index (Phi) is 2.16. The van der Waals surface area contributed by atoms with E-state index in [0.29, 0.717) is 10.0 Å². The van der Waals surface area contributed by atoms with Gasteiger partial charge < -0.3 is 5.73 Å². The number of hydrogen-bond donors (Lipinski definition) is 1. The van der Waals surface area contributed by atoms with Gasteiger partial charge in [-0.15, -0.1) is 5.10 Å². The van der Waals surface area contributed by atoms with Crippen LogP contribution in [0.5, 0.6) is 0 Å². The normalized spacial score (nSPS) is 10.2. The number of nitrogens with two attached hydrogens (primary N) is 1. The molecule has 3 nitrogen and oxygen atoms in total. The molecule has 2 N–H and O–H groups in total. The lowest BCUT2D eigenvalue weighted by atomic mass is 10.2. The first-order valence-electron chi connectivity index (χ1n) is 3.61. The van der Waals surface area contributed by atoms with E-state index in [1.54, 1.807) is 12.1 Å². The number of nitrogen functional groups attached to an aromatic ring is 1. The standard InChI is InChI=1S/C8H6ClN3S/c9-6-3-1-5(2-4-6)7-8(10)13-12-11-7/h1-4H,10H2. The lowest BCUT2D eigenvalue weighted by molar-refractivity contribution is 1.16. The van der Waals surface area contributed by atoms with Gasteiger partial charge in [-0.05, 0) is 12.1 Å². The molecule has 0 aliphatic carbocycles. The number of hydrogen-bond acceptors (Lipinski definition) is 4. The van der Waals surface area contributed by atoms with Gasteiger partial charge in [0.1, 0.15) is 10.7 Å². The maximum atomic E-state index is 5.75. The van der Waals surface area contributed by atoms with Crippen LogP contribution < -0.4 is 5.73 Å². The number of rotatable bonds is 1. The van der Waals surface area contributed by atoms with Crippen LogP contribution in [-0.2, 0) is 0 Å². The largest absolute Gasteiger partial charge is 0.387 e. The lowest BCUT2D eigenvalue weighted by Crippen LogP contribution is -1.85. The molecule has 1 heterocycles. The van der Waals surface area contributed by atoms with Gasteiger partial charge in [-0.1, -0.05) is 28.2 Å². The number of benzene rings is 1. The molecule has 0 saturated carbocycles. The summed E-state index contributed by atoms with van der Waals surface area (Å²) in [5.74, 6) is 0. The van der Waals surface area contributed by atoms with Gasteiger partial charge in [-0.3, -0.25) is 0 Å². The van der Waals surface area contributed by atoms with Gasteiger partial charge in [0.15, 0.2) is 0 Å². The average molecular weight is 212 g/mol. The molecule has 0 atom stereocenters. The number of nitrogens with zero attached hydrogens (tertiary/aromatic N) is 2. The van der Waals surface area contributed by atoms with Crippen molar-refractivity contribution in [3.8, 4) is 11.3 Å². The molecule has 2 aromatic rings. The molecule has 0 radical (unpaired) electrons. The first-order chi connectivity index (χ1) is 6.27. The third kappa shape index (κ3) is 1.64. The first-order valence-corrected chi connectivity index (χ1v) is 4.76. The summed E-state index contributed by atoms with van der Waals surface area (Å²) in [6, 6.07) is 7.34. The smallest absolute Gasteiger partial charge is 0.135 e. The molecule has 0 amide bonds. The number of halogens is 1. The molecule has 13 heavy (non-hydrogen) atoms. The van der Waals surface area contributed by atoms with Gasteiger partial charge in [0, 0.05) is 22.1 Å². The quantitative estimate of drug-likeness (QED) is 0.788. The van der Waals surface area contributed by atoms with Crippen LogP contribution in [0.25, 0.3) is 11.3 Å². The van der Waals surface area contributed by atoms with Crippen LogP contribution in [0.15, 0.2) is 24.3 Å². The van der Waals surface area contributed by atoms with Crippen molar-refractivity contribution in [3.05, 3.63) is 29.3 Å². The summed E-state index contributed by atoms with van der Waals surface area (Å²) in [6.07, 6.45) is 0. The molecule has 0 bridgehead atoms. The maximum Gasteiger partial charge on any atom is 0.135 e. The van der Waals surface area contributed by atoms with Crippen molar-refractivity contribution in [1.29, 1.82) is 0 Å². The Morgan fingerprint density at radius 2 is 1.92 bits per heavy atom. The minimum atomic E-state index is 0.627. The Bertz CT molecular complexity index is 410. The van der Waals surface area contributed by atoms with Crippen molar-refractivity contribution >= 4 is 28.1 Å². The Balaban J connectivity index is 2.47. The number of anilines is 1. The Morgan fingerprint density at radius 3 is 2.46 bits per heavy atom. The zero-order valence-corrected chi connectivity index (χ0v) is 8.14. The monoisotopic (exact) mass is 211 g/mol. The lowest BCUT2D eigenvalue weighted by Gasteiger charge is -1.96. The summed E-state index contributed by atoms with van der Waals surface area (Å²) < 4.78 is 3.75. The zero-order chi connectivity index (χ0) is 9.26. The van der Waals surface area contributed by atoms with Gasteiger partial charge >= 0.3 is 0 Å². The van der Waals surface area contributed by atoms with Crippen molar-refractivity contribution in [1.82, 2.24) is 9.59 Å². The van der Waals surface area contributed by atoms with E-state index in [4.69, 9.17) is 17.3 Å². The predicted octanol–water partition coefficient (Wildman–Crippen LogP) is 2.44. The van der Waals surface area contributed by atoms with Crippen LogP contribution in [0, 0.1) is 0 Å². The Morgan fingerprint density at radius 1 is 1.23 bits per heavy atom. The molecule has 2 rings (SSSR count). The van der Waals surface area contributed by atoms with Crippen molar-refractivity contribution in [2.24, 2.45) is 0 Å². The van der Waals surface area contributed by atoms with Crippen molar-refractivity contribution in [2.75, 3.05) is 5.73 Å². The topological polar surface area (TPSA) is 51.8 Å². The molecule has 1 aromatic carbocycles. The van der Waals surface area contributed by atoms with Gasteiger partial charge in [-0.25, -0.2) is 0 Å². The first kappa shape index (κ1) is 8.47. The Labute approximate surface area is 84.3 Å². The third-order valence-corrected chi connectivity index (χ3v) is 2.44. The van der Waals surface area contributed by atoms with E-state index in [9.17, 15) is 0 Å². The zero-order valence-electron chi connectivity index (χ0n) is 6.57. The van der Waals surface area contributed by atoms with Crippen molar-refractivity contribution in [2.45, 2.75) is 0 Å². The van der Waals surface area contributed by atoms with Gasteiger partial charge in [0.05, 0.1) is 0 Å². The molecule has 0 aliphatic rings. The third-order valence-electron chi connectivity index (χ3n) is 1.63. The minimum Gasteiger partial charge on any atom is -0.387 e. The van der Waals surface area contributed by atoms with E-state index < -0.39 is 0 Å². The molecule has 0 aliphatic heterocycles. The van der Waals surface area contributed by atoms with Gasteiger partial charge in [0.2, 0.25) is 0 Å². The highest BCUT2D eigenvalue weighted by Crippen LogP contribution is 2.26. The molecule has 0 saturated heterocycles. The highest BCUT2D eigenvalue weighted by molar-refractivity contribution is 7.10. The van der Waals surface area contributed by atoms with E-state index >= 15 is 0 Å². The average Bonchev–Trinajstić information content (AvgIpc) is 2.53. The fourth-order valence-electron chi connectivity index (χ4n) is 1.01. The summed E-state index contributed by atoms with van der Waals surface area (Å²) in [6.45, 7) is 0. The maximum absolute atomic E-state index is 5.75. The fraction of sp³-hybridized carbons (Fsp3) is 0. The van der Waals surface area contributed by atoms with E-state index in [1.807, 2.05) is 12.1 Å². The molecule has 1 aromatic heterocycles. The van der Waals surface area contributed by atoms with Gasteiger partial charge in [-0.2, -0.15) is 0 Å². The molecule has 0 spiro atoms. The molecule has 0 fully saturated rings. The van der Waals surface area contributed by atoms with Crippen LogP contribution in [0.1, 0.15) is 0 Å². The highest BCUT2D eigenvalue weighted by atomic mass is 35.5. The summed E-state index contributed by atoms with van der Waals surface area (Å²) in [5, 5.41) is 5.24.